The van der Waals surface area contributed by atoms with Crippen molar-refractivity contribution < 1.29 is 29.0 Å². The standard InChI is InChI=1S/C24H29ClN4O6/c1-4-5-27-23-19(32)14-10(21(25)28-23)6-9-7-11-16(29(2)3)18(31)15(22(26)34)12-8-35-24(11,12)20(33)13(9)17(14)30/h9,11-13,15-16,32H,4-8H2,1-3H3,(H2,26,34)(H,27,28). The summed E-state index contributed by atoms with van der Waals surface area (Å²) in [5.74, 6) is -6.18. The second-order valence-corrected chi connectivity index (χ2v) is 10.7. The van der Waals surface area contributed by atoms with Gasteiger partial charge >= 0.3 is 0 Å². The number of ether oxygens (including phenoxy) is 1. The minimum absolute atomic E-state index is 0.00595. The summed E-state index contributed by atoms with van der Waals surface area (Å²) < 4.78 is 5.96. The molecule has 3 aliphatic carbocycles. The highest BCUT2D eigenvalue weighted by atomic mass is 35.5. The van der Waals surface area contributed by atoms with E-state index in [1.165, 1.54) is 0 Å². The highest BCUT2D eigenvalue weighted by Crippen LogP contribution is 2.59. The van der Waals surface area contributed by atoms with E-state index in [9.17, 15) is 24.3 Å². The molecule has 5 rings (SSSR count). The zero-order valence-electron chi connectivity index (χ0n) is 19.8. The number of amides is 1. The van der Waals surface area contributed by atoms with Gasteiger partial charge in [0, 0.05) is 23.9 Å². The third-order valence-electron chi connectivity index (χ3n) is 8.30. The zero-order chi connectivity index (χ0) is 25.4. The first-order valence-corrected chi connectivity index (χ1v) is 12.3. The number of carbonyl (C=O) groups is 4. The average Bonchev–Trinajstić information content (AvgIpc) is 2.76. The fourth-order valence-electron chi connectivity index (χ4n) is 6.87. The second kappa shape index (κ2) is 8.25. The van der Waals surface area contributed by atoms with E-state index >= 15 is 0 Å². The van der Waals surface area contributed by atoms with Crippen molar-refractivity contribution in [2.24, 2.45) is 35.3 Å². The molecule has 1 amide bonds. The molecule has 7 atom stereocenters. The van der Waals surface area contributed by atoms with Crippen LogP contribution in [0.25, 0.3) is 0 Å². The number of carbonyl (C=O) groups excluding carboxylic acids is 4. The van der Waals surface area contributed by atoms with E-state index < -0.39 is 58.7 Å². The van der Waals surface area contributed by atoms with Crippen LogP contribution in [-0.2, 0) is 25.5 Å². The van der Waals surface area contributed by atoms with E-state index in [0.29, 0.717) is 18.5 Å². The number of pyridine rings is 1. The van der Waals surface area contributed by atoms with Gasteiger partial charge in [-0.15, -0.1) is 0 Å². The summed E-state index contributed by atoms with van der Waals surface area (Å²) in [6.07, 6.45) is 1.38. The summed E-state index contributed by atoms with van der Waals surface area (Å²) in [6, 6.07) is -0.756. The van der Waals surface area contributed by atoms with Crippen LogP contribution in [0.4, 0.5) is 5.82 Å². The van der Waals surface area contributed by atoms with E-state index in [2.05, 4.69) is 10.3 Å². The number of nitrogens with two attached hydrogens (primary N) is 1. The first-order valence-electron chi connectivity index (χ1n) is 11.9. The Bertz CT molecular complexity index is 1160. The number of fused-ring (bicyclic) bond motifs is 2. The number of aromatic nitrogens is 1. The average molecular weight is 505 g/mol. The van der Waals surface area contributed by atoms with E-state index in [4.69, 9.17) is 22.1 Å². The lowest BCUT2D eigenvalue weighted by Crippen LogP contribution is -2.79. The number of hydrogen-bond donors (Lipinski definition) is 3. The quantitative estimate of drug-likeness (QED) is 0.391. The van der Waals surface area contributed by atoms with Crippen LogP contribution in [0.2, 0.25) is 5.15 Å². The number of nitrogens with zero attached hydrogens (tertiary/aromatic N) is 2. The molecule has 0 radical (unpaired) electrons. The van der Waals surface area contributed by atoms with Gasteiger partial charge in [0.2, 0.25) is 5.91 Å². The number of rotatable bonds is 5. The number of primary amides is 1. The fraction of sp³-hybridized carbons (Fsp3) is 0.625. The predicted octanol–water partition coefficient (Wildman–Crippen LogP) is 0.822. The van der Waals surface area contributed by atoms with Crippen molar-refractivity contribution in [3.05, 3.63) is 16.3 Å². The molecule has 0 aromatic carbocycles. The molecule has 1 saturated heterocycles. The van der Waals surface area contributed by atoms with Crippen LogP contribution in [-0.4, -0.2) is 77.1 Å². The summed E-state index contributed by atoms with van der Waals surface area (Å²) in [5, 5.41) is 14.0. The summed E-state index contributed by atoms with van der Waals surface area (Å²) in [5.41, 5.74) is 4.59. The van der Waals surface area contributed by atoms with Crippen LogP contribution < -0.4 is 11.1 Å². The molecule has 188 valence electrons. The Kier molecular flexibility index (Phi) is 5.69. The molecule has 7 unspecified atom stereocenters. The number of anilines is 1. The van der Waals surface area contributed by atoms with Gasteiger partial charge in [-0.05, 0) is 39.3 Å². The Morgan fingerprint density at radius 1 is 1.31 bits per heavy atom. The smallest absolute Gasteiger partial charge is 0.228 e. The number of halogens is 1. The Balaban J connectivity index is 1.61. The number of Topliss-reactive ketones (excluding diaryl/α,β-unsaturated/α-hetero) is 3. The van der Waals surface area contributed by atoms with Gasteiger partial charge in [0.15, 0.2) is 28.9 Å². The van der Waals surface area contributed by atoms with Gasteiger partial charge < -0.3 is 20.9 Å². The van der Waals surface area contributed by atoms with Crippen LogP contribution in [0.15, 0.2) is 0 Å². The summed E-state index contributed by atoms with van der Waals surface area (Å²) in [7, 11) is 3.43. The molecule has 1 spiro atoms. The summed E-state index contributed by atoms with van der Waals surface area (Å²) in [4.78, 5) is 59.5. The maximum absolute atomic E-state index is 14.1. The van der Waals surface area contributed by atoms with Crippen LogP contribution in [0, 0.1) is 29.6 Å². The summed E-state index contributed by atoms with van der Waals surface area (Å²) in [6.45, 7) is 2.51. The predicted molar refractivity (Wildman–Crippen MR) is 125 cm³/mol. The van der Waals surface area contributed by atoms with Gasteiger partial charge in [0.1, 0.15) is 16.7 Å². The third kappa shape index (κ3) is 3.12. The topological polar surface area (TPSA) is 152 Å². The lowest BCUT2D eigenvalue weighted by Gasteiger charge is -2.63. The molecule has 0 bridgehead atoms. The Hall–Kier alpha value is -2.56. The van der Waals surface area contributed by atoms with E-state index in [1.54, 1.807) is 19.0 Å². The SMILES string of the molecule is CCCNc1nc(Cl)c2c(c1O)C(=O)C1C(=O)C34OCC3C(C(N)=O)C(=O)C(N(C)C)C4CC1C2. The van der Waals surface area contributed by atoms with Crippen molar-refractivity contribution in [3.63, 3.8) is 0 Å². The minimum atomic E-state index is -1.44. The number of likely N-dealkylation sites (N-methyl/N-ethyl adjacent to an activating group) is 1. The maximum Gasteiger partial charge on any atom is 0.228 e. The van der Waals surface area contributed by atoms with Crippen molar-refractivity contribution >= 4 is 40.7 Å². The van der Waals surface area contributed by atoms with E-state index in [1.807, 2.05) is 6.92 Å². The maximum atomic E-state index is 14.1. The number of aromatic hydroxyl groups is 1. The van der Waals surface area contributed by atoms with Crippen LogP contribution in [0.1, 0.15) is 35.7 Å². The number of nitrogens with one attached hydrogen (secondary N) is 1. The molecule has 4 aliphatic rings. The lowest BCUT2D eigenvalue weighted by molar-refractivity contribution is -0.266. The Morgan fingerprint density at radius 2 is 2.03 bits per heavy atom. The normalized spacial score (nSPS) is 35.5. The van der Waals surface area contributed by atoms with Gasteiger partial charge in [-0.3, -0.25) is 24.1 Å². The zero-order valence-corrected chi connectivity index (χ0v) is 20.6. The van der Waals surface area contributed by atoms with Crippen molar-refractivity contribution in [2.45, 2.75) is 37.8 Å². The van der Waals surface area contributed by atoms with Crippen molar-refractivity contribution in [3.8, 4) is 5.75 Å². The van der Waals surface area contributed by atoms with Gasteiger partial charge in [0.25, 0.3) is 0 Å². The molecule has 11 heteroatoms. The van der Waals surface area contributed by atoms with E-state index in [0.717, 1.165) is 6.42 Å². The van der Waals surface area contributed by atoms with Gasteiger partial charge in [-0.25, -0.2) is 4.98 Å². The van der Waals surface area contributed by atoms with Crippen LogP contribution in [0.5, 0.6) is 5.75 Å². The van der Waals surface area contributed by atoms with Crippen LogP contribution in [0.3, 0.4) is 0 Å². The summed E-state index contributed by atoms with van der Waals surface area (Å²) >= 11 is 6.45. The molecule has 35 heavy (non-hydrogen) atoms. The Morgan fingerprint density at radius 3 is 2.60 bits per heavy atom. The first kappa shape index (κ1) is 24.1. The molecule has 1 aromatic rings. The van der Waals surface area contributed by atoms with Gasteiger partial charge in [-0.2, -0.15) is 0 Å². The fourth-order valence-corrected chi connectivity index (χ4v) is 7.12. The van der Waals surface area contributed by atoms with Crippen LogP contribution >= 0.6 is 11.6 Å². The molecule has 2 saturated carbocycles. The molecule has 4 N–H and O–H groups in total. The van der Waals surface area contributed by atoms with Crippen molar-refractivity contribution in [1.29, 1.82) is 0 Å². The minimum Gasteiger partial charge on any atom is -0.504 e. The first-order chi connectivity index (χ1) is 16.6. The molecule has 1 aliphatic heterocycles. The van der Waals surface area contributed by atoms with Gasteiger partial charge in [-0.1, -0.05) is 18.5 Å². The third-order valence-corrected chi connectivity index (χ3v) is 8.62. The highest BCUT2D eigenvalue weighted by molar-refractivity contribution is 6.31. The molecule has 1 aromatic heterocycles. The molecule has 10 nitrogen and oxygen atoms in total. The molecule has 2 heterocycles. The lowest BCUT2D eigenvalue weighted by atomic mass is 9.47. The molecule has 3 fully saturated rings. The number of ketones is 3. The largest absolute Gasteiger partial charge is 0.504 e. The van der Waals surface area contributed by atoms with Gasteiger partial charge in [0.05, 0.1) is 24.1 Å². The van der Waals surface area contributed by atoms with E-state index in [-0.39, 0.29) is 41.1 Å². The monoisotopic (exact) mass is 504 g/mol. The number of hydrogen-bond acceptors (Lipinski definition) is 9. The molecular weight excluding hydrogens is 476 g/mol. The van der Waals surface area contributed by atoms with Crippen molar-refractivity contribution in [2.75, 3.05) is 32.6 Å². The molecular formula is C24H29ClN4O6. The van der Waals surface area contributed by atoms with Crippen molar-refractivity contribution in [1.82, 2.24) is 9.88 Å². The Labute approximate surface area is 207 Å². The second-order valence-electron chi connectivity index (χ2n) is 10.3. The highest BCUT2D eigenvalue weighted by Gasteiger charge is 2.74.